The molecule has 0 radical (unpaired) electrons. The minimum atomic E-state index is 0.568. The average molecular weight is 161 g/mol. The standard InChI is InChI=1S/C8H7N3O/c1-6-5-7(12-11-6)8-9-3-2-4-10-8/h2-5H,1H3. The van der Waals surface area contributed by atoms with Crippen LogP contribution in [0.15, 0.2) is 29.0 Å². The van der Waals surface area contributed by atoms with Crippen LogP contribution in [0.4, 0.5) is 0 Å². The molecule has 0 saturated carbocycles. The highest BCUT2D eigenvalue weighted by Gasteiger charge is 2.04. The fraction of sp³-hybridized carbons (Fsp3) is 0.125. The molecule has 0 atom stereocenters. The summed E-state index contributed by atoms with van der Waals surface area (Å²) in [5.74, 6) is 1.17. The van der Waals surface area contributed by atoms with E-state index in [-0.39, 0.29) is 0 Å². The summed E-state index contributed by atoms with van der Waals surface area (Å²) in [5, 5.41) is 3.74. The Bertz CT molecular complexity index is 369. The van der Waals surface area contributed by atoms with E-state index in [1.807, 2.05) is 6.92 Å². The van der Waals surface area contributed by atoms with E-state index in [0.717, 1.165) is 5.69 Å². The largest absolute Gasteiger partial charge is 0.353 e. The molecule has 0 aliphatic heterocycles. The lowest BCUT2D eigenvalue weighted by molar-refractivity contribution is 0.424. The smallest absolute Gasteiger partial charge is 0.204 e. The normalized spacial score (nSPS) is 10.1. The summed E-state index contributed by atoms with van der Waals surface area (Å²) in [6.07, 6.45) is 3.33. The second kappa shape index (κ2) is 2.73. The summed E-state index contributed by atoms with van der Waals surface area (Å²) in [4.78, 5) is 8.03. The molecule has 0 unspecified atom stereocenters. The molecule has 0 aliphatic carbocycles. The van der Waals surface area contributed by atoms with Gasteiger partial charge in [0.2, 0.25) is 5.76 Å². The fourth-order valence-corrected chi connectivity index (χ4v) is 0.895. The zero-order valence-corrected chi connectivity index (χ0v) is 6.56. The van der Waals surface area contributed by atoms with Crippen LogP contribution in [0, 0.1) is 6.92 Å². The van der Waals surface area contributed by atoms with Crippen LogP contribution in [0.2, 0.25) is 0 Å². The van der Waals surface area contributed by atoms with Gasteiger partial charge >= 0.3 is 0 Å². The molecule has 2 aromatic rings. The van der Waals surface area contributed by atoms with Gasteiger partial charge in [0.15, 0.2) is 5.82 Å². The molecule has 0 N–H and O–H groups in total. The maximum absolute atomic E-state index is 4.98. The van der Waals surface area contributed by atoms with E-state index < -0.39 is 0 Å². The van der Waals surface area contributed by atoms with Crippen molar-refractivity contribution < 1.29 is 4.52 Å². The topological polar surface area (TPSA) is 51.8 Å². The van der Waals surface area contributed by atoms with Gasteiger partial charge in [-0.1, -0.05) is 5.16 Å². The summed E-state index contributed by atoms with van der Waals surface area (Å²) in [7, 11) is 0. The molecular formula is C8H7N3O. The third kappa shape index (κ3) is 1.18. The molecular weight excluding hydrogens is 154 g/mol. The third-order valence-electron chi connectivity index (χ3n) is 1.41. The van der Waals surface area contributed by atoms with Crippen LogP contribution in [-0.4, -0.2) is 15.1 Å². The van der Waals surface area contributed by atoms with Gasteiger partial charge in [0.05, 0.1) is 5.69 Å². The van der Waals surface area contributed by atoms with Crippen LogP contribution in [0.3, 0.4) is 0 Å². The predicted octanol–water partition coefficient (Wildman–Crippen LogP) is 1.44. The van der Waals surface area contributed by atoms with Gasteiger partial charge in [0.25, 0.3) is 0 Å². The number of aromatic nitrogens is 3. The van der Waals surface area contributed by atoms with Crippen molar-refractivity contribution in [3.8, 4) is 11.6 Å². The van der Waals surface area contributed by atoms with E-state index in [1.165, 1.54) is 0 Å². The fourth-order valence-electron chi connectivity index (χ4n) is 0.895. The van der Waals surface area contributed by atoms with E-state index in [1.54, 1.807) is 24.5 Å². The van der Waals surface area contributed by atoms with E-state index in [9.17, 15) is 0 Å². The maximum atomic E-state index is 4.98. The number of aryl methyl sites for hydroxylation is 1. The summed E-state index contributed by atoms with van der Waals surface area (Å²) >= 11 is 0. The second-order valence-electron chi connectivity index (χ2n) is 2.40. The van der Waals surface area contributed by atoms with Crippen molar-refractivity contribution in [1.29, 1.82) is 0 Å². The van der Waals surface area contributed by atoms with Gasteiger partial charge in [0.1, 0.15) is 0 Å². The molecule has 2 aromatic heterocycles. The van der Waals surface area contributed by atoms with Crippen molar-refractivity contribution >= 4 is 0 Å². The predicted molar refractivity (Wildman–Crippen MR) is 42.3 cm³/mol. The summed E-state index contributed by atoms with van der Waals surface area (Å²) in [6.45, 7) is 1.86. The van der Waals surface area contributed by atoms with Gasteiger partial charge in [-0.2, -0.15) is 0 Å². The quantitative estimate of drug-likeness (QED) is 0.635. The van der Waals surface area contributed by atoms with Crippen LogP contribution in [0.1, 0.15) is 5.69 Å². The molecule has 0 amide bonds. The van der Waals surface area contributed by atoms with Crippen molar-refractivity contribution in [2.24, 2.45) is 0 Å². The Kier molecular flexibility index (Phi) is 1.59. The average Bonchev–Trinajstić information content (AvgIpc) is 2.54. The zero-order valence-electron chi connectivity index (χ0n) is 6.56. The van der Waals surface area contributed by atoms with E-state index in [0.29, 0.717) is 11.6 Å². The van der Waals surface area contributed by atoms with Crippen LogP contribution in [0.5, 0.6) is 0 Å². The van der Waals surface area contributed by atoms with Gasteiger partial charge in [-0.25, -0.2) is 9.97 Å². The second-order valence-corrected chi connectivity index (χ2v) is 2.40. The molecule has 0 spiro atoms. The van der Waals surface area contributed by atoms with E-state index >= 15 is 0 Å². The molecule has 0 fully saturated rings. The molecule has 2 rings (SSSR count). The SMILES string of the molecule is Cc1cc(-c2ncccn2)on1. The highest BCUT2D eigenvalue weighted by Crippen LogP contribution is 2.13. The summed E-state index contributed by atoms with van der Waals surface area (Å²) < 4.78 is 4.98. The highest BCUT2D eigenvalue weighted by atomic mass is 16.5. The lowest BCUT2D eigenvalue weighted by atomic mass is 10.4. The minimum absolute atomic E-state index is 0.568. The van der Waals surface area contributed by atoms with Crippen LogP contribution in [-0.2, 0) is 0 Å². The third-order valence-corrected chi connectivity index (χ3v) is 1.41. The Morgan fingerprint density at radius 2 is 2.00 bits per heavy atom. The van der Waals surface area contributed by atoms with Crippen molar-refractivity contribution in [3.05, 3.63) is 30.2 Å². The zero-order chi connectivity index (χ0) is 8.39. The van der Waals surface area contributed by atoms with E-state index in [4.69, 9.17) is 4.52 Å². The summed E-state index contributed by atoms with van der Waals surface area (Å²) in [5.41, 5.74) is 0.831. The maximum Gasteiger partial charge on any atom is 0.204 e. The first-order valence-corrected chi connectivity index (χ1v) is 3.57. The highest BCUT2D eigenvalue weighted by molar-refractivity contribution is 5.45. The number of nitrogens with zero attached hydrogens (tertiary/aromatic N) is 3. The molecule has 4 nitrogen and oxygen atoms in total. The molecule has 0 aliphatic rings. The summed E-state index contributed by atoms with van der Waals surface area (Å²) in [6, 6.07) is 3.56. The first kappa shape index (κ1) is 6.97. The first-order valence-electron chi connectivity index (χ1n) is 3.57. The molecule has 4 heteroatoms. The molecule has 2 heterocycles. The van der Waals surface area contributed by atoms with Gasteiger partial charge in [0, 0.05) is 18.5 Å². The molecule has 12 heavy (non-hydrogen) atoms. The monoisotopic (exact) mass is 161 g/mol. The Balaban J connectivity index is 2.45. The van der Waals surface area contributed by atoms with Gasteiger partial charge < -0.3 is 4.52 Å². The lowest BCUT2D eigenvalue weighted by Crippen LogP contribution is -1.83. The Morgan fingerprint density at radius 1 is 1.25 bits per heavy atom. The first-order chi connectivity index (χ1) is 5.86. The number of rotatable bonds is 1. The molecule has 60 valence electrons. The van der Waals surface area contributed by atoms with Gasteiger partial charge in [-0.3, -0.25) is 0 Å². The number of hydrogen-bond donors (Lipinski definition) is 0. The van der Waals surface area contributed by atoms with Crippen LogP contribution in [0.25, 0.3) is 11.6 Å². The Morgan fingerprint density at radius 3 is 2.58 bits per heavy atom. The van der Waals surface area contributed by atoms with Crippen molar-refractivity contribution in [2.45, 2.75) is 6.92 Å². The van der Waals surface area contributed by atoms with Gasteiger partial charge in [-0.15, -0.1) is 0 Å². The van der Waals surface area contributed by atoms with Crippen molar-refractivity contribution in [1.82, 2.24) is 15.1 Å². The minimum Gasteiger partial charge on any atom is -0.353 e. The lowest BCUT2D eigenvalue weighted by Gasteiger charge is -1.88. The molecule has 0 saturated heterocycles. The van der Waals surface area contributed by atoms with Crippen LogP contribution < -0.4 is 0 Å². The van der Waals surface area contributed by atoms with Crippen molar-refractivity contribution in [3.63, 3.8) is 0 Å². The molecule has 0 aromatic carbocycles. The van der Waals surface area contributed by atoms with Crippen LogP contribution >= 0.6 is 0 Å². The number of hydrogen-bond acceptors (Lipinski definition) is 4. The Labute approximate surface area is 69.3 Å². The van der Waals surface area contributed by atoms with E-state index in [2.05, 4.69) is 15.1 Å². The van der Waals surface area contributed by atoms with Crippen molar-refractivity contribution in [2.75, 3.05) is 0 Å². The molecule has 0 bridgehead atoms. The van der Waals surface area contributed by atoms with Gasteiger partial charge in [-0.05, 0) is 13.0 Å². The Hall–Kier alpha value is -1.71.